The van der Waals surface area contributed by atoms with Crippen molar-refractivity contribution in [2.24, 2.45) is 0 Å². The van der Waals surface area contributed by atoms with Crippen LogP contribution in [0.2, 0.25) is 0 Å². The average Bonchev–Trinajstić information content (AvgIpc) is 2.53. The molecule has 2 heteroatoms. The minimum atomic E-state index is 0.190. The molecule has 0 saturated carbocycles. The third kappa shape index (κ3) is 5.08. The first-order chi connectivity index (χ1) is 12.1. The number of rotatable bonds is 3. The second-order valence-electron chi connectivity index (χ2n) is 8.65. The van der Waals surface area contributed by atoms with Crippen LogP contribution in [0.1, 0.15) is 41.5 Å². The van der Waals surface area contributed by atoms with Gasteiger partial charge in [0.2, 0.25) is 0 Å². The number of fused-ring (bicyclic) bond motifs is 1. The lowest BCUT2D eigenvalue weighted by Crippen LogP contribution is -2.09. The zero-order valence-corrected chi connectivity index (χ0v) is 18.2. The molecule has 3 rings (SSSR count). The van der Waals surface area contributed by atoms with E-state index in [1.165, 1.54) is 31.7 Å². The van der Waals surface area contributed by atoms with Gasteiger partial charge in [0.25, 0.3) is 0 Å². The molecular weight excluding hydrogens is 352 g/mol. The summed E-state index contributed by atoms with van der Waals surface area (Å²) in [5.74, 6) is 0. The Hall–Kier alpha value is -1.38. The molecule has 0 saturated heterocycles. The van der Waals surface area contributed by atoms with Crippen molar-refractivity contribution in [3.63, 3.8) is 0 Å². The van der Waals surface area contributed by atoms with Crippen molar-refractivity contribution < 1.29 is 0 Å². The van der Waals surface area contributed by atoms with Gasteiger partial charge in [-0.15, -0.1) is 23.5 Å². The van der Waals surface area contributed by atoms with E-state index in [9.17, 15) is 0 Å². The molecule has 0 spiro atoms. The zero-order valence-electron chi connectivity index (χ0n) is 16.6. The number of benzene rings is 3. The van der Waals surface area contributed by atoms with E-state index in [-0.39, 0.29) is 9.49 Å². The fourth-order valence-electron chi connectivity index (χ4n) is 2.88. The Bertz CT molecular complexity index is 911. The van der Waals surface area contributed by atoms with Gasteiger partial charge in [-0.2, -0.15) is 0 Å². The van der Waals surface area contributed by atoms with Gasteiger partial charge in [-0.05, 0) is 40.1 Å². The predicted molar refractivity (Wildman–Crippen MR) is 121 cm³/mol. The van der Waals surface area contributed by atoms with Crippen molar-refractivity contribution in [1.29, 1.82) is 0 Å². The van der Waals surface area contributed by atoms with Gasteiger partial charge in [-0.3, -0.25) is 0 Å². The third-order valence-corrected chi connectivity index (χ3v) is 6.35. The van der Waals surface area contributed by atoms with Crippen LogP contribution in [-0.2, 0) is 0 Å². The van der Waals surface area contributed by atoms with E-state index in [1.54, 1.807) is 0 Å². The molecule has 0 atom stereocenters. The van der Waals surface area contributed by atoms with E-state index >= 15 is 0 Å². The topological polar surface area (TPSA) is 0 Å². The minimum absolute atomic E-state index is 0.190. The van der Waals surface area contributed by atoms with Gasteiger partial charge in [0.15, 0.2) is 0 Å². The highest BCUT2D eigenvalue weighted by Crippen LogP contribution is 2.44. The lowest BCUT2D eigenvalue weighted by Gasteiger charge is -2.24. The van der Waals surface area contributed by atoms with Crippen molar-refractivity contribution in [2.75, 3.05) is 0 Å². The van der Waals surface area contributed by atoms with Gasteiger partial charge in [0.1, 0.15) is 0 Å². The SMILES string of the molecule is CC(C)(C)Sc1ccc(-c2ccc3ccccc3c2)cc1SC(C)(C)C. The summed E-state index contributed by atoms with van der Waals surface area (Å²) < 4.78 is 0.396. The van der Waals surface area contributed by atoms with Crippen LogP contribution in [0.25, 0.3) is 21.9 Å². The summed E-state index contributed by atoms with van der Waals surface area (Å²) in [6.45, 7) is 13.7. The number of hydrogen-bond acceptors (Lipinski definition) is 2. The molecule has 0 aliphatic heterocycles. The summed E-state index contributed by atoms with van der Waals surface area (Å²) in [4.78, 5) is 2.75. The second-order valence-corrected chi connectivity index (χ2v) is 12.4. The van der Waals surface area contributed by atoms with E-state index in [2.05, 4.69) is 102 Å². The summed E-state index contributed by atoms with van der Waals surface area (Å²) in [7, 11) is 0. The van der Waals surface area contributed by atoms with Crippen molar-refractivity contribution >= 4 is 34.3 Å². The normalized spacial score (nSPS) is 12.5. The highest BCUT2D eigenvalue weighted by molar-refractivity contribution is 8.03. The molecule has 26 heavy (non-hydrogen) atoms. The van der Waals surface area contributed by atoms with Gasteiger partial charge in [-0.1, -0.05) is 84.0 Å². The van der Waals surface area contributed by atoms with Crippen LogP contribution in [0, 0.1) is 0 Å². The Morgan fingerprint density at radius 2 is 1.08 bits per heavy atom. The average molecular weight is 381 g/mol. The van der Waals surface area contributed by atoms with E-state index in [4.69, 9.17) is 0 Å². The Labute approximate surface area is 166 Å². The molecule has 0 aliphatic carbocycles. The zero-order chi connectivity index (χ0) is 18.9. The maximum atomic E-state index is 2.37. The molecule has 0 radical (unpaired) electrons. The fraction of sp³-hybridized carbons (Fsp3) is 0.333. The van der Waals surface area contributed by atoms with E-state index in [0.717, 1.165) is 0 Å². The van der Waals surface area contributed by atoms with Crippen molar-refractivity contribution in [1.82, 2.24) is 0 Å². The van der Waals surface area contributed by atoms with Gasteiger partial charge in [-0.25, -0.2) is 0 Å². The molecule has 0 aliphatic rings. The summed E-state index contributed by atoms with van der Waals surface area (Å²) >= 11 is 3.91. The van der Waals surface area contributed by atoms with Crippen molar-refractivity contribution in [3.05, 3.63) is 60.7 Å². The number of thioether (sulfide) groups is 2. The smallest absolute Gasteiger partial charge is 0.0220 e. The molecule has 0 fully saturated rings. The summed E-state index contributed by atoms with van der Waals surface area (Å²) in [5, 5.41) is 2.59. The van der Waals surface area contributed by atoms with E-state index < -0.39 is 0 Å². The molecular formula is C24H28S2. The maximum Gasteiger partial charge on any atom is 0.0220 e. The second kappa shape index (κ2) is 7.32. The molecule has 0 amide bonds. The first-order valence-corrected chi connectivity index (χ1v) is 10.8. The fourth-order valence-corrected chi connectivity index (χ4v) is 5.10. The van der Waals surface area contributed by atoms with Crippen LogP contribution < -0.4 is 0 Å². The number of hydrogen-bond donors (Lipinski definition) is 0. The predicted octanol–water partition coefficient (Wildman–Crippen LogP) is 8.29. The third-order valence-electron chi connectivity index (χ3n) is 3.86. The molecule has 0 unspecified atom stereocenters. The molecule has 0 N–H and O–H groups in total. The van der Waals surface area contributed by atoms with Gasteiger partial charge < -0.3 is 0 Å². The lowest BCUT2D eigenvalue weighted by molar-refractivity contribution is 0.794. The monoisotopic (exact) mass is 380 g/mol. The van der Waals surface area contributed by atoms with Crippen molar-refractivity contribution in [3.8, 4) is 11.1 Å². The first-order valence-electron chi connectivity index (χ1n) is 9.12. The lowest BCUT2D eigenvalue weighted by atomic mass is 10.0. The molecule has 0 heterocycles. The Kier molecular flexibility index (Phi) is 5.46. The van der Waals surface area contributed by atoms with Crippen LogP contribution in [0.3, 0.4) is 0 Å². The van der Waals surface area contributed by atoms with Crippen LogP contribution >= 0.6 is 23.5 Å². The summed E-state index contributed by atoms with van der Waals surface area (Å²) in [6.07, 6.45) is 0. The van der Waals surface area contributed by atoms with Crippen LogP contribution in [0.4, 0.5) is 0 Å². The van der Waals surface area contributed by atoms with Crippen LogP contribution in [0.5, 0.6) is 0 Å². The Morgan fingerprint density at radius 3 is 1.73 bits per heavy atom. The van der Waals surface area contributed by atoms with Crippen LogP contribution in [0.15, 0.2) is 70.5 Å². The molecule has 3 aromatic carbocycles. The largest absolute Gasteiger partial charge is 0.119 e. The van der Waals surface area contributed by atoms with Gasteiger partial charge >= 0.3 is 0 Å². The summed E-state index contributed by atoms with van der Waals surface area (Å²) in [5.41, 5.74) is 2.58. The first kappa shape index (κ1) is 19.4. The quantitative estimate of drug-likeness (QED) is 0.419. The molecule has 3 aromatic rings. The molecule has 136 valence electrons. The van der Waals surface area contributed by atoms with Gasteiger partial charge in [0, 0.05) is 19.3 Å². The highest BCUT2D eigenvalue weighted by Gasteiger charge is 2.20. The van der Waals surface area contributed by atoms with Crippen molar-refractivity contribution in [2.45, 2.75) is 60.8 Å². The van der Waals surface area contributed by atoms with Gasteiger partial charge in [0.05, 0.1) is 0 Å². The highest BCUT2D eigenvalue weighted by atomic mass is 32.2. The molecule has 0 nitrogen and oxygen atoms in total. The standard InChI is InChI=1S/C24H28S2/c1-23(2,3)25-21-14-13-20(16-22(21)26-24(4,5)6)19-12-11-17-9-7-8-10-18(17)15-19/h7-16H,1-6H3. The van der Waals surface area contributed by atoms with E-state index in [0.29, 0.717) is 0 Å². The summed E-state index contributed by atoms with van der Waals surface area (Å²) in [6, 6.07) is 22.3. The van der Waals surface area contributed by atoms with E-state index in [1.807, 2.05) is 23.5 Å². The molecule has 0 bridgehead atoms. The van der Waals surface area contributed by atoms with Crippen LogP contribution in [-0.4, -0.2) is 9.49 Å². The Balaban J connectivity index is 2.05. The minimum Gasteiger partial charge on any atom is -0.119 e. The maximum absolute atomic E-state index is 2.37. The molecule has 0 aromatic heterocycles. The Morgan fingerprint density at radius 1 is 0.538 bits per heavy atom.